The van der Waals surface area contributed by atoms with Crippen molar-refractivity contribution in [3.8, 4) is 5.75 Å². The smallest absolute Gasteiger partial charge is 0.247 e. The van der Waals surface area contributed by atoms with Gasteiger partial charge < -0.3 is 14.7 Å². The van der Waals surface area contributed by atoms with Crippen LogP contribution in [0.25, 0.3) is 6.08 Å². The van der Waals surface area contributed by atoms with Gasteiger partial charge in [0.2, 0.25) is 5.91 Å². The molecule has 2 aromatic rings. The standard InChI is InChI=1S/C28H35NO3/c1-20(2)22-14-11-21(12-15-22)13-16-26(30)29-19-18-28(31)17-7-6-9-24(28)27(29)23-8-4-5-10-25(23)32-3/h4-5,8,10-16,20,24,27,31H,6-7,9,17-19H2,1-3H3. The van der Waals surface area contributed by atoms with E-state index < -0.39 is 5.60 Å². The maximum atomic E-state index is 13.4. The van der Waals surface area contributed by atoms with Crippen LogP contribution in [0.1, 0.15) is 74.6 Å². The second-order valence-corrected chi connectivity index (χ2v) is 9.58. The molecule has 2 fully saturated rings. The number of aliphatic hydroxyl groups is 1. The number of piperidine rings is 1. The summed E-state index contributed by atoms with van der Waals surface area (Å²) in [6.07, 6.45) is 8.07. The van der Waals surface area contributed by atoms with Gasteiger partial charge in [-0.3, -0.25) is 4.79 Å². The fraction of sp³-hybridized carbons (Fsp3) is 0.464. The fourth-order valence-corrected chi connectivity index (χ4v) is 5.48. The summed E-state index contributed by atoms with van der Waals surface area (Å²) in [5.74, 6) is 1.27. The Kier molecular flexibility index (Phi) is 6.71. The number of ether oxygens (including phenoxy) is 1. The molecular formula is C28H35NO3. The lowest BCUT2D eigenvalue weighted by Crippen LogP contribution is -2.56. The molecule has 0 bridgehead atoms. The van der Waals surface area contributed by atoms with Crippen molar-refractivity contribution in [1.29, 1.82) is 0 Å². The Bertz CT molecular complexity index is 965. The molecule has 1 aliphatic carbocycles. The Morgan fingerprint density at radius 2 is 1.88 bits per heavy atom. The van der Waals surface area contributed by atoms with Crippen LogP contribution in [-0.4, -0.2) is 35.2 Å². The van der Waals surface area contributed by atoms with Crippen LogP contribution in [0.2, 0.25) is 0 Å². The third-order valence-electron chi connectivity index (χ3n) is 7.33. The summed E-state index contributed by atoms with van der Waals surface area (Å²) in [7, 11) is 1.67. The van der Waals surface area contributed by atoms with Gasteiger partial charge in [0.15, 0.2) is 0 Å². The summed E-state index contributed by atoms with van der Waals surface area (Å²) in [6.45, 7) is 4.90. The van der Waals surface area contributed by atoms with Gasteiger partial charge in [-0.25, -0.2) is 0 Å². The summed E-state index contributed by atoms with van der Waals surface area (Å²) in [6, 6.07) is 16.1. The highest BCUT2D eigenvalue weighted by Gasteiger charge is 2.50. The highest BCUT2D eigenvalue weighted by atomic mass is 16.5. The fourth-order valence-electron chi connectivity index (χ4n) is 5.48. The van der Waals surface area contributed by atoms with Crippen molar-refractivity contribution in [1.82, 2.24) is 4.90 Å². The lowest BCUT2D eigenvalue weighted by Gasteiger charge is -2.52. The normalized spacial score (nSPS) is 25.7. The van der Waals surface area contributed by atoms with Crippen LogP contribution in [0.4, 0.5) is 0 Å². The van der Waals surface area contributed by atoms with Gasteiger partial charge in [0.05, 0.1) is 18.8 Å². The summed E-state index contributed by atoms with van der Waals surface area (Å²) in [5.41, 5.74) is 2.58. The monoisotopic (exact) mass is 433 g/mol. The van der Waals surface area contributed by atoms with Gasteiger partial charge in [0.1, 0.15) is 5.75 Å². The van der Waals surface area contributed by atoms with Crippen molar-refractivity contribution < 1.29 is 14.6 Å². The number of fused-ring (bicyclic) bond motifs is 1. The quantitative estimate of drug-likeness (QED) is 0.613. The number of methoxy groups -OCH3 is 1. The number of hydrogen-bond acceptors (Lipinski definition) is 3. The van der Waals surface area contributed by atoms with E-state index in [1.807, 2.05) is 35.2 Å². The van der Waals surface area contributed by atoms with E-state index in [-0.39, 0.29) is 17.9 Å². The molecule has 1 N–H and O–H groups in total. The van der Waals surface area contributed by atoms with Crippen LogP contribution in [0.5, 0.6) is 5.75 Å². The molecule has 0 spiro atoms. The zero-order valence-electron chi connectivity index (χ0n) is 19.5. The van der Waals surface area contributed by atoms with E-state index in [1.54, 1.807) is 13.2 Å². The van der Waals surface area contributed by atoms with E-state index in [2.05, 4.69) is 38.1 Å². The minimum absolute atomic E-state index is 0.0125. The molecule has 1 aliphatic heterocycles. The molecule has 1 heterocycles. The molecule has 4 nitrogen and oxygen atoms in total. The summed E-state index contributed by atoms with van der Waals surface area (Å²) in [4.78, 5) is 15.4. The summed E-state index contributed by atoms with van der Waals surface area (Å²) < 4.78 is 5.66. The van der Waals surface area contributed by atoms with E-state index in [9.17, 15) is 9.90 Å². The summed E-state index contributed by atoms with van der Waals surface area (Å²) >= 11 is 0. The van der Waals surface area contributed by atoms with Crippen molar-refractivity contribution >= 4 is 12.0 Å². The van der Waals surface area contributed by atoms with E-state index in [0.717, 1.165) is 42.6 Å². The van der Waals surface area contributed by atoms with Crippen LogP contribution >= 0.6 is 0 Å². The molecule has 4 heteroatoms. The third-order valence-corrected chi connectivity index (χ3v) is 7.33. The van der Waals surface area contributed by atoms with Gasteiger partial charge >= 0.3 is 0 Å². The third kappa shape index (κ3) is 4.47. The van der Waals surface area contributed by atoms with Gasteiger partial charge in [-0.15, -0.1) is 0 Å². The minimum atomic E-state index is -0.711. The van der Waals surface area contributed by atoms with Gasteiger partial charge in [-0.2, -0.15) is 0 Å². The van der Waals surface area contributed by atoms with Crippen molar-refractivity contribution in [3.63, 3.8) is 0 Å². The SMILES string of the molecule is COc1ccccc1C1C2CCCCC2(O)CCN1C(=O)C=Cc1ccc(C(C)C)cc1. The molecule has 2 aromatic carbocycles. The number of nitrogens with zero attached hydrogens (tertiary/aromatic N) is 1. The van der Waals surface area contributed by atoms with Gasteiger partial charge in [-0.1, -0.05) is 69.2 Å². The number of rotatable bonds is 5. The maximum absolute atomic E-state index is 13.4. The molecule has 1 amide bonds. The minimum Gasteiger partial charge on any atom is -0.496 e. The molecule has 0 aromatic heterocycles. The largest absolute Gasteiger partial charge is 0.496 e. The van der Waals surface area contributed by atoms with Crippen LogP contribution in [0.3, 0.4) is 0 Å². The van der Waals surface area contributed by atoms with Crippen LogP contribution in [0.15, 0.2) is 54.6 Å². The molecule has 3 unspecified atom stereocenters. The van der Waals surface area contributed by atoms with Gasteiger partial charge in [0, 0.05) is 24.1 Å². The topological polar surface area (TPSA) is 49.8 Å². The molecule has 32 heavy (non-hydrogen) atoms. The molecule has 2 aliphatic rings. The van der Waals surface area contributed by atoms with Crippen LogP contribution in [-0.2, 0) is 4.79 Å². The lowest BCUT2D eigenvalue weighted by molar-refractivity contribution is -0.151. The van der Waals surface area contributed by atoms with Crippen molar-refractivity contribution in [3.05, 3.63) is 71.3 Å². The first kappa shape index (κ1) is 22.6. The number of likely N-dealkylation sites (tertiary alicyclic amines) is 1. The molecule has 4 rings (SSSR count). The van der Waals surface area contributed by atoms with E-state index in [4.69, 9.17) is 4.74 Å². The van der Waals surface area contributed by atoms with E-state index in [0.29, 0.717) is 18.9 Å². The molecule has 170 valence electrons. The second kappa shape index (κ2) is 9.50. The zero-order valence-corrected chi connectivity index (χ0v) is 19.5. The second-order valence-electron chi connectivity index (χ2n) is 9.58. The predicted octanol–water partition coefficient (Wildman–Crippen LogP) is 5.73. The highest BCUT2D eigenvalue weighted by Crippen LogP contribution is 2.50. The Labute approximate surface area is 191 Å². The molecule has 3 atom stereocenters. The Morgan fingerprint density at radius 3 is 2.59 bits per heavy atom. The summed E-state index contributed by atoms with van der Waals surface area (Å²) in [5, 5.41) is 11.5. The number of hydrogen-bond donors (Lipinski definition) is 1. The maximum Gasteiger partial charge on any atom is 0.247 e. The molecular weight excluding hydrogens is 398 g/mol. The number of carbonyl (C=O) groups excluding carboxylic acids is 1. The average Bonchev–Trinajstić information content (AvgIpc) is 2.81. The van der Waals surface area contributed by atoms with Crippen LogP contribution in [0, 0.1) is 5.92 Å². The molecule has 1 saturated heterocycles. The zero-order chi connectivity index (χ0) is 22.7. The van der Waals surface area contributed by atoms with E-state index >= 15 is 0 Å². The highest BCUT2D eigenvalue weighted by molar-refractivity contribution is 5.92. The molecule has 1 saturated carbocycles. The first-order valence-corrected chi connectivity index (χ1v) is 11.9. The Balaban J connectivity index is 1.64. The van der Waals surface area contributed by atoms with Crippen molar-refractivity contribution in [2.24, 2.45) is 5.92 Å². The lowest BCUT2D eigenvalue weighted by atomic mass is 9.66. The van der Waals surface area contributed by atoms with Gasteiger partial charge in [0.25, 0.3) is 0 Å². The van der Waals surface area contributed by atoms with Crippen molar-refractivity contribution in [2.75, 3.05) is 13.7 Å². The first-order chi connectivity index (χ1) is 15.4. The van der Waals surface area contributed by atoms with E-state index in [1.165, 1.54) is 5.56 Å². The number of carbonyl (C=O) groups is 1. The Hall–Kier alpha value is -2.59. The Morgan fingerprint density at radius 1 is 1.12 bits per heavy atom. The first-order valence-electron chi connectivity index (χ1n) is 11.9. The predicted molar refractivity (Wildman–Crippen MR) is 129 cm³/mol. The average molecular weight is 434 g/mol. The van der Waals surface area contributed by atoms with Crippen molar-refractivity contribution in [2.45, 2.75) is 63.5 Å². The van der Waals surface area contributed by atoms with Gasteiger partial charge in [-0.05, 0) is 48.4 Å². The van der Waals surface area contributed by atoms with Crippen LogP contribution < -0.4 is 4.74 Å². The molecule has 0 radical (unpaired) electrons. The number of amides is 1. The number of benzene rings is 2. The number of para-hydroxylation sites is 1.